The first-order chi connectivity index (χ1) is 13.6. The Morgan fingerprint density at radius 2 is 1.69 bits per heavy atom. The number of carbonyl (C=O) groups is 2. The van der Waals surface area contributed by atoms with Crippen molar-refractivity contribution in [2.24, 2.45) is 0 Å². The molecule has 0 N–H and O–H groups in total. The van der Waals surface area contributed by atoms with E-state index >= 15 is 0 Å². The van der Waals surface area contributed by atoms with E-state index in [1.807, 2.05) is 24.3 Å². The van der Waals surface area contributed by atoms with E-state index < -0.39 is 11.6 Å². The number of ether oxygens (including phenoxy) is 2. The zero-order valence-corrected chi connectivity index (χ0v) is 18.4. The maximum absolute atomic E-state index is 12.9. The summed E-state index contributed by atoms with van der Waals surface area (Å²) in [5.41, 5.74) is 0.838. The third kappa shape index (κ3) is 7.55. The summed E-state index contributed by atoms with van der Waals surface area (Å²) in [6.45, 7) is 5.72. The average Bonchev–Trinajstić information content (AvgIpc) is 2.62. The van der Waals surface area contributed by atoms with Gasteiger partial charge in [0, 0.05) is 18.7 Å². The van der Waals surface area contributed by atoms with Gasteiger partial charge in [-0.1, -0.05) is 41.4 Å². The molecule has 1 aromatic heterocycles. The Balaban J connectivity index is 2.20. The lowest BCUT2D eigenvalue weighted by Gasteiger charge is -2.25. The number of rotatable bonds is 7. The molecule has 0 saturated carbocycles. The Kier molecular flexibility index (Phi) is 7.88. The number of amides is 1. The minimum absolute atomic E-state index is 0.177. The van der Waals surface area contributed by atoms with Crippen LogP contribution in [0.1, 0.15) is 38.3 Å². The van der Waals surface area contributed by atoms with E-state index in [0.29, 0.717) is 11.3 Å². The molecule has 1 aromatic carbocycles. The number of halogens is 2. The van der Waals surface area contributed by atoms with Gasteiger partial charge in [-0.2, -0.15) is 0 Å². The molecule has 0 saturated heterocycles. The molecule has 0 fully saturated rings. The van der Waals surface area contributed by atoms with E-state index in [1.54, 1.807) is 40.0 Å². The predicted molar refractivity (Wildman–Crippen MR) is 112 cm³/mol. The molecule has 0 aliphatic rings. The molecule has 0 unspecified atom stereocenters. The van der Waals surface area contributed by atoms with Crippen molar-refractivity contribution in [3.63, 3.8) is 0 Å². The Labute approximate surface area is 180 Å². The van der Waals surface area contributed by atoms with Crippen LogP contribution >= 0.6 is 23.2 Å². The molecule has 8 heteroatoms. The van der Waals surface area contributed by atoms with Crippen molar-refractivity contribution in [2.75, 3.05) is 7.11 Å². The molecule has 2 aromatic rings. The molecule has 0 radical (unpaired) electrons. The maximum atomic E-state index is 12.9. The van der Waals surface area contributed by atoms with Crippen LogP contribution in [0.25, 0.3) is 0 Å². The highest BCUT2D eigenvalue weighted by Crippen LogP contribution is 2.21. The van der Waals surface area contributed by atoms with Crippen molar-refractivity contribution in [1.82, 2.24) is 9.88 Å². The van der Waals surface area contributed by atoms with Gasteiger partial charge in [-0.05, 0) is 44.5 Å². The fraction of sp³-hybridized carbons (Fsp3) is 0.381. The van der Waals surface area contributed by atoms with Gasteiger partial charge >= 0.3 is 5.97 Å². The van der Waals surface area contributed by atoms with Crippen LogP contribution in [0.5, 0.6) is 5.75 Å². The highest BCUT2D eigenvalue weighted by atomic mass is 35.5. The molecular weight excluding hydrogens is 415 g/mol. The van der Waals surface area contributed by atoms with Gasteiger partial charge in [-0.15, -0.1) is 0 Å². The molecular formula is C21H24Cl2N2O4. The van der Waals surface area contributed by atoms with Crippen molar-refractivity contribution in [2.45, 2.75) is 45.9 Å². The first kappa shape index (κ1) is 23.0. The lowest BCUT2D eigenvalue weighted by molar-refractivity contribution is -0.158. The van der Waals surface area contributed by atoms with Gasteiger partial charge in [0.1, 0.15) is 28.1 Å². The number of nitrogens with zero attached hydrogens (tertiary/aromatic N) is 2. The van der Waals surface area contributed by atoms with Crippen molar-refractivity contribution in [3.8, 4) is 5.75 Å². The summed E-state index contributed by atoms with van der Waals surface area (Å²) >= 11 is 12.0. The number of carbonyl (C=O) groups excluding carboxylic acids is 2. The largest absolute Gasteiger partial charge is 0.497 e. The van der Waals surface area contributed by atoms with Gasteiger partial charge < -0.3 is 14.4 Å². The molecule has 0 aliphatic carbocycles. The second-order valence-corrected chi connectivity index (χ2v) is 8.19. The molecule has 0 aliphatic heterocycles. The number of aromatic nitrogens is 1. The van der Waals surface area contributed by atoms with Crippen LogP contribution in [0.3, 0.4) is 0 Å². The highest BCUT2D eigenvalue weighted by molar-refractivity contribution is 6.32. The Hall–Kier alpha value is -2.31. The van der Waals surface area contributed by atoms with E-state index in [-0.39, 0.29) is 35.7 Å². The van der Waals surface area contributed by atoms with Crippen LogP contribution in [0.15, 0.2) is 36.4 Å². The van der Waals surface area contributed by atoms with E-state index in [1.165, 1.54) is 4.90 Å². The number of hydrogen-bond donors (Lipinski definition) is 0. The molecule has 0 spiro atoms. The second kappa shape index (κ2) is 9.94. The summed E-state index contributed by atoms with van der Waals surface area (Å²) in [6, 6.07) is 10.6. The van der Waals surface area contributed by atoms with Gasteiger partial charge in [0.15, 0.2) is 0 Å². The van der Waals surface area contributed by atoms with Crippen molar-refractivity contribution in [1.29, 1.82) is 0 Å². The molecule has 156 valence electrons. The molecule has 2 rings (SSSR count). The van der Waals surface area contributed by atoms with E-state index in [0.717, 1.165) is 5.56 Å². The molecule has 29 heavy (non-hydrogen) atoms. The van der Waals surface area contributed by atoms with Crippen LogP contribution in [0.2, 0.25) is 10.3 Å². The van der Waals surface area contributed by atoms with Gasteiger partial charge in [-0.3, -0.25) is 9.59 Å². The average molecular weight is 439 g/mol. The van der Waals surface area contributed by atoms with Crippen LogP contribution in [0, 0.1) is 0 Å². The SMILES string of the molecule is COc1ccc(CN(Cc2ccc(Cl)nc2Cl)C(=O)CC(=O)OC(C)(C)C)cc1. The van der Waals surface area contributed by atoms with Crippen LogP contribution in [-0.2, 0) is 27.4 Å². The zero-order valence-electron chi connectivity index (χ0n) is 16.9. The lowest BCUT2D eigenvalue weighted by Crippen LogP contribution is -2.34. The van der Waals surface area contributed by atoms with E-state index in [2.05, 4.69) is 4.98 Å². The summed E-state index contributed by atoms with van der Waals surface area (Å²) in [5.74, 6) is -0.242. The quantitative estimate of drug-likeness (QED) is 0.357. The first-order valence-corrected chi connectivity index (χ1v) is 9.76. The van der Waals surface area contributed by atoms with Crippen molar-refractivity contribution >= 4 is 35.1 Å². The van der Waals surface area contributed by atoms with Gasteiger partial charge in [0.05, 0.1) is 7.11 Å². The summed E-state index contributed by atoms with van der Waals surface area (Å²) in [7, 11) is 1.58. The van der Waals surface area contributed by atoms with Crippen molar-refractivity contribution < 1.29 is 19.1 Å². The summed E-state index contributed by atoms with van der Waals surface area (Å²) in [5, 5.41) is 0.475. The lowest BCUT2D eigenvalue weighted by atomic mass is 10.1. The standard InChI is InChI=1S/C21H24Cl2N2O4/c1-21(2,3)29-19(27)11-18(26)25(12-14-5-8-16(28-4)9-6-14)13-15-7-10-17(22)24-20(15)23/h5-10H,11-13H2,1-4H3. The Bertz CT molecular complexity index is 864. The zero-order chi connectivity index (χ0) is 21.6. The smallest absolute Gasteiger partial charge is 0.315 e. The second-order valence-electron chi connectivity index (χ2n) is 7.45. The van der Waals surface area contributed by atoms with Gasteiger partial charge in [0.2, 0.25) is 5.91 Å². The number of esters is 1. The highest BCUT2D eigenvalue weighted by Gasteiger charge is 2.23. The number of benzene rings is 1. The summed E-state index contributed by atoms with van der Waals surface area (Å²) in [6.07, 6.45) is -0.369. The molecule has 0 bridgehead atoms. The normalized spacial score (nSPS) is 11.1. The van der Waals surface area contributed by atoms with E-state index in [4.69, 9.17) is 32.7 Å². The van der Waals surface area contributed by atoms with Gasteiger partial charge in [-0.25, -0.2) is 4.98 Å². The number of hydrogen-bond acceptors (Lipinski definition) is 5. The molecule has 6 nitrogen and oxygen atoms in total. The first-order valence-electron chi connectivity index (χ1n) is 9.01. The van der Waals surface area contributed by atoms with Crippen molar-refractivity contribution in [3.05, 3.63) is 57.8 Å². The summed E-state index contributed by atoms with van der Waals surface area (Å²) < 4.78 is 10.4. The van der Waals surface area contributed by atoms with Crippen LogP contribution < -0.4 is 4.74 Å². The monoisotopic (exact) mass is 438 g/mol. The third-order valence-corrected chi connectivity index (χ3v) is 4.39. The predicted octanol–water partition coefficient (Wildman–Crippen LogP) is 4.66. The maximum Gasteiger partial charge on any atom is 0.315 e. The Morgan fingerprint density at radius 3 is 2.24 bits per heavy atom. The van der Waals surface area contributed by atoms with Gasteiger partial charge in [0.25, 0.3) is 0 Å². The fourth-order valence-electron chi connectivity index (χ4n) is 2.56. The molecule has 1 heterocycles. The third-order valence-electron chi connectivity index (χ3n) is 3.85. The number of pyridine rings is 1. The minimum atomic E-state index is -0.665. The Morgan fingerprint density at radius 1 is 1.03 bits per heavy atom. The number of methoxy groups -OCH3 is 1. The topological polar surface area (TPSA) is 68.7 Å². The fourth-order valence-corrected chi connectivity index (χ4v) is 2.97. The molecule has 1 amide bonds. The van der Waals surface area contributed by atoms with Crippen LogP contribution in [0.4, 0.5) is 0 Å². The minimum Gasteiger partial charge on any atom is -0.497 e. The van der Waals surface area contributed by atoms with E-state index in [9.17, 15) is 9.59 Å². The molecule has 0 atom stereocenters. The summed E-state index contributed by atoms with van der Waals surface area (Å²) in [4.78, 5) is 30.5. The van der Waals surface area contributed by atoms with Crippen LogP contribution in [-0.4, -0.2) is 34.5 Å².